The van der Waals surface area contributed by atoms with Crippen molar-refractivity contribution in [3.05, 3.63) is 35.4 Å². The lowest BCUT2D eigenvalue weighted by Gasteiger charge is -2.34. The second-order valence-corrected chi connectivity index (χ2v) is 5.81. The maximum atomic E-state index is 12.0. The molecule has 2 rings (SSSR count). The Kier molecular flexibility index (Phi) is 4.84. The number of aliphatic hydroxyl groups excluding tert-OH is 2. The molecule has 1 fully saturated rings. The van der Waals surface area contributed by atoms with Crippen LogP contribution in [0.1, 0.15) is 18.1 Å². The first-order valence-corrected chi connectivity index (χ1v) is 7.18. The zero-order chi connectivity index (χ0) is 16.5. The molecule has 0 radical (unpaired) electrons. The summed E-state index contributed by atoms with van der Waals surface area (Å²) in [6.07, 6.45) is -1.75. The number of hydrogen-bond acceptors (Lipinski definition) is 6. The van der Waals surface area contributed by atoms with Crippen molar-refractivity contribution < 1.29 is 19.8 Å². The van der Waals surface area contributed by atoms with E-state index in [2.05, 4.69) is 0 Å². The maximum absolute atomic E-state index is 12.0. The van der Waals surface area contributed by atoms with Crippen molar-refractivity contribution in [3.63, 3.8) is 0 Å². The minimum Gasteiger partial charge on any atom is -0.394 e. The van der Waals surface area contributed by atoms with Gasteiger partial charge < -0.3 is 21.7 Å². The zero-order valence-corrected chi connectivity index (χ0v) is 12.8. The van der Waals surface area contributed by atoms with E-state index < -0.39 is 29.7 Å². The number of benzene rings is 1. The van der Waals surface area contributed by atoms with Crippen molar-refractivity contribution in [1.29, 1.82) is 0 Å². The van der Waals surface area contributed by atoms with E-state index in [9.17, 15) is 15.0 Å². The molecule has 4 atom stereocenters. The quantitative estimate of drug-likeness (QED) is 0.567. The molecular weight excluding hydrogens is 286 g/mol. The van der Waals surface area contributed by atoms with Crippen LogP contribution in [0, 0.1) is 12.8 Å². The first kappa shape index (κ1) is 16.9. The number of carbonyl (C=O) groups is 1. The summed E-state index contributed by atoms with van der Waals surface area (Å²) >= 11 is 0. The van der Waals surface area contributed by atoms with E-state index in [-0.39, 0.29) is 13.2 Å². The van der Waals surface area contributed by atoms with Crippen molar-refractivity contribution in [2.75, 3.05) is 6.61 Å². The zero-order valence-electron chi connectivity index (χ0n) is 12.8. The molecule has 1 amide bonds. The highest BCUT2D eigenvalue weighted by Crippen LogP contribution is 2.37. The molecule has 0 aromatic heterocycles. The molecule has 1 unspecified atom stereocenters. The molecular formula is C15H23N3O4. The summed E-state index contributed by atoms with van der Waals surface area (Å²) in [4.78, 5) is 17.6. The average molecular weight is 309 g/mol. The predicted octanol–water partition coefficient (Wildman–Crippen LogP) is -0.760. The van der Waals surface area contributed by atoms with E-state index in [0.29, 0.717) is 0 Å². The van der Waals surface area contributed by atoms with E-state index >= 15 is 0 Å². The molecule has 7 nitrogen and oxygen atoms in total. The monoisotopic (exact) mass is 309 g/mol. The molecule has 1 aromatic carbocycles. The second kappa shape index (κ2) is 6.31. The van der Waals surface area contributed by atoms with Crippen LogP contribution in [0.15, 0.2) is 24.3 Å². The Labute approximate surface area is 129 Å². The van der Waals surface area contributed by atoms with Crippen LogP contribution >= 0.6 is 0 Å². The number of nitrogens with zero attached hydrogens (tertiary/aromatic N) is 1. The third-order valence-corrected chi connectivity index (χ3v) is 4.09. The molecule has 1 aromatic rings. The number of aliphatic hydroxyl groups is 2. The fraction of sp³-hybridized carbons (Fsp3) is 0.533. The first-order chi connectivity index (χ1) is 10.3. The van der Waals surface area contributed by atoms with Gasteiger partial charge in [0, 0.05) is 0 Å². The number of amides is 1. The molecule has 0 bridgehead atoms. The van der Waals surface area contributed by atoms with Gasteiger partial charge in [0.1, 0.15) is 6.10 Å². The lowest BCUT2D eigenvalue weighted by Crippen LogP contribution is -2.66. The second-order valence-electron chi connectivity index (χ2n) is 5.81. The Balaban J connectivity index is 2.35. The highest BCUT2D eigenvalue weighted by atomic mass is 16.7. The number of carbonyl (C=O) groups excluding carboxylic acids is 1. The van der Waals surface area contributed by atoms with Gasteiger partial charge in [-0.3, -0.25) is 9.63 Å². The molecule has 6 N–H and O–H groups in total. The van der Waals surface area contributed by atoms with Gasteiger partial charge in [0.05, 0.1) is 25.2 Å². The topological polar surface area (TPSA) is 122 Å². The third-order valence-electron chi connectivity index (χ3n) is 4.09. The van der Waals surface area contributed by atoms with Gasteiger partial charge in [-0.15, -0.1) is 0 Å². The Bertz CT molecular complexity index is 551. The van der Waals surface area contributed by atoms with Crippen LogP contribution in [0.3, 0.4) is 0 Å². The number of hydrogen-bond donors (Lipinski definition) is 4. The smallest absolute Gasteiger partial charge is 0.255 e. The number of hydroxylamine groups is 2. The molecule has 0 aliphatic carbocycles. The van der Waals surface area contributed by atoms with Gasteiger partial charge >= 0.3 is 0 Å². The number of rotatable bonds is 5. The predicted molar refractivity (Wildman–Crippen MR) is 80.0 cm³/mol. The van der Waals surface area contributed by atoms with Gasteiger partial charge in [0.2, 0.25) is 0 Å². The van der Waals surface area contributed by atoms with Gasteiger partial charge in [-0.25, -0.2) is 0 Å². The average Bonchev–Trinajstić information content (AvgIpc) is 2.73. The van der Waals surface area contributed by atoms with Gasteiger partial charge in [-0.2, -0.15) is 5.06 Å². The fourth-order valence-corrected chi connectivity index (χ4v) is 3.02. The summed E-state index contributed by atoms with van der Waals surface area (Å²) in [6.45, 7) is 3.30. The van der Waals surface area contributed by atoms with Gasteiger partial charge in [0.15, 0.2) is 5.66 Å². The molecule has 1 aliphatic rings. The van der Waals surface area contributed by atoms with Crippen LogP contribution in [0.5, 0.6) is 0 Å². The molecule has 1 aliphatic heterocycles. The lowest BCUT2D eigenvalue weighted by atomic mass is 9.84. The van der Waals surface area contributed by atoms with Gasteiger partial charge in [0.25, 0.3) is 5.91 Å². The van der Waals surface area contributed by atoms with E-state index in [1.54, 1.807) is 0 Å². The third kappa shape index (κ3) is 2.86. The van der Waals surface area contributed by atoms with Crippen molar-refractivity contribution >= 4 is 5.91 Å². The molecule has 7 heteroatoms. The molecule has 0 spiro atoms. The van der Waals surface area contributed by atoms with Crippen LogP contribution in [0.2, 0.25) is 0 Å². The highest BCUT2D eigenvalue weighted by Gasteiger charge is 2.58. The van der Waals surface area contributed by atoms with Crippen LogP contribution in [-0.4, -0.2) is 45.7 Å². The molecule has 22 heavy (non-hydrogen) atoms. The normalized spacial score (nSPS) is 30.4. The Morgan fingerprint density at radius 2 is 2.23 bits per heavy atom. The number of aryl methyl sites for hydroxylation is 1. The SMILES string of the molecule is Cc1cccc(CN2OC(CO)[C@@H]([C@H](C)O)[C@@]2(N)C(N)=O)c1. The highest BCUT2D eigenvalue weighted by molar-refractivity contribution is 5.84. The lowest BCUT2D eigenvalue weighted by molar-refractivity contribution is -0.200. The summed E-state index contributed by atoms with van der Waals surface area (Å²) in [5, 5.41) is 20.7. The molecule has 1 saturated heterocycles. The molecule has 0 saturated carbocycles. The summed E-state index contributed by atoms with van der Waals surface area (Å²) in [7, 11) is 0. The number of nitrogens with two attached hydrogens (primary N) is 2. The summed E-state index contributed by atoms with van der Waals surface area (Å²) < 4.78 is 0. The van der Waals surface area contributed by atoms with E-state index in [1.165, 1.54) is 12.0 Å². The van der Waals surface area contributed by atoms with E-state index in [1.807, 2.05) is 31.2 Å². The molecule has 122 valence electrons. The van der Waals surface area contributed by atoms with Gasteiger partial charge in [-0.05, 0) is 19.4 Å². The maximum Gasteiger partial charge on any atom is 0.255 e. The summed E-state index contributed by atoms with van der Waals surface area (Å²) in [6, 6.07) is 7.65. The largest absolute Gasteiger partial charge is 0.394 e. The van der Waals surface area contributed by atoms with Crippen molar-refractivity contribution in [1.82, 2.24) is 5.06 Å². The fourth-order valence-electron chi connectivity index (χ4n) is 3.02. The minimum absolute atomic E-state index is 0.223. The van der Waals surface area contributed by atoms with Crippen LogP contribution in [-0.2, 0) is 16.2 Å². The van der Waals surface area contributed by atoms with Gasteiger partial charge in [-0.1, -0.05) is 29.8 Å². The van der Waals surface area contributed by atoms with E-state index in [4.69, 9.17) is 16.3 Å². The van der Waals surface area contributed by atoms with E-state index in [0.717, 1.165) is 11.1 Å². The van der Waals surface area contributed by atoms with Crippen LogP contribution in [0.25, 0.3) is 0 Å². The Morgan fingerprint density at radius 3 is 2.73 bits per heavy atom. The van der Waals surface area contributed by atoms with Crippen LogP contribution in [0.4, 0.5) is 0 Å². The van der Waals surface area contributed by atoms with Crippen molar-refractivity contribution in [2.24, 2.45) is 17.4 Å². The molecule has 1 heterocycles. The Morgan fingerprint density at radius 1 is 1.55 bits per heavy atom. The number of primary amides is 1. The van der Waals surface area contributed by atoms with Crippen LogP contribution < -0.4 is 11.5 Å². The Hall–Kier alpha value is -1.51. The van der Waals surface area contributed by atoms with Crippen molar-refractivity contribution in [2.45, 2.75) is 38.3 Å². The minimum atomic E-state index is -1.69. The first-order valence-electron chi connectivity index (χ1n) is 7.18. The standard InChI is InChI=1S/C15H23N3O4/c1-9-4-3-5-11(6-9)7-18-15(17,14(16)21)13(10(2)20)12(8-19)22-18/h3-6,10,12-13,19-20H,7-8,17H2,1-2H3,(H2,16,21)/t10-,12?,13+,15-/m0/s1. The van der Waals surface area contributed by atoms with Crippen molar-refractivity contribution in [3.8, 4) is 0 Å². The summed E-state index contributed by atoms with van der Waals surface area (Å²) in [5.74, 6) is -1.62. The summed E-state index contributed by atoms with van der Waals surface area (Å²) in [5.41, 5.74) is 11.9.